The van der Waals surface area contributed by atoms with Crippen molar-refractivity contribution in [2.24, 2.45) is 10.9 Å². The van der Waals surface area contributed by atoms with Crippen molar-refractivity contribution in [3.8, 4) is 0 Å². The van der Waals surface area contributed by atoms with Crippen molar-refractivity contribution in [1.29, 1.82) is 5.41 Å². The van der Waals surface area contributed by atoms with Gasteiger partial charge in [-0.15, -0.1) is 0 Å². The van der Waals surface area contributed by atoms with Gasteiger partial charge in [0.05, 0.1) is 6.54 Å². The molecular formula is C9H14N2O2. The van der Waals surface area contributed by atoms with E-state index in [9.17, 15) is 4.79 Å². The number of nitrogens with one attached hydrogen (secondary N) is 1. The number of carbonyl (C=O) groups excluding carboxylic acids is 2. The second-order valence-corrected chi connectivity index (χ2v) is 3.04. The summed E-state index contributed by atoms with van der Waals surface area (Å²) < 4.78 is 0. The normalized spacial score (nSPS) is 16.0. The molecule has 0 heterocycles. The molecular weight excluding hydrogens is 168 g/mol. The summed E-state index contributed by atoms with van der Waals surface area (Å²) in [5.74, 6) is 0.676. The van der Waals surface area contributed by atoms with Crippen LogP contribution in [0.1, 0.15) is 32.1 Å². The van der Waals surface area contributed by atoms with Gasteiger partial charge < -0.3 is 0 Å². The minimum atomic E-state index is 0.676. The molecule has 0 spiro atoms. The number of aliphatic imine (C=N–C) groups is 1. The Kier molecular flexibility index (Phi) is 8.01. The Labute approximate surface area is 77.6 Å². The molecule has 1 aliphatic carbocycles. The highest BCUT2D eigenvalue weighted by molar-refractivity contribution is 5.32. The molecule has 13 heavy (non-hydrogen) atoms. The first-order valence-electron chi connectivity index (χ1n) is 4.42. The molecule has 0 aromatic rings. The number of nitrogens with zero attached hydrogens (tertiary/aromatic N) is 1. The van der Waals surface area contributed by atoms with Crippen LogP contribution in [0.15, 0.2) is 4.99 Å². The van der Waals surface area contributed by atoms with E-state index in [0.717, 1.165) is 6.08 Å². The molecule has 1 rings (SSSR count). The Morgan fingerprint density at radius 2 is 1.77 bits per heavy atom. The van der Waals surface area contributed by atoms with Gasteiger partial charge in [0, 0.05) is 0 Å². The minimum absolute atomic E-state index is 0.676. The lowest BCUT2D eigenvalue weighted by atomic mass is 9.89. The van der Waals surface area contributed by atoms with Crippen molar-refractivity contribution in [3.05, 3.63) is 0 Å². The Morgan fingerprint density at radius 3 is 2.23 bits per heavy atom. The third kappa shape index (κ3) is 7.13. The van der Waals surface area contributed by atoms with E-state index in [1.165, 1.54) is 32.1 Å². The molecule has 0 aromatic carbocycles. The lowest BCUT2D eigenvalue weighted by molar-refractivity contribution is 0.366. The molecule has 0 aliphatic heterocycles. The summed E-state index contributed by atoms with van der Waals surface area (Å²) in [5, 5.41) is 5.40. The molecule has 0 atom stereocenters. The van der Waals surface area contributed by atoms with E-state index in [4.69, 9.17) is 10.2 Å². The maximum Gasteiger partial charge on any atom is 0.234 e. The summed E-state index contributed by atoms with van der Waals surface area (Å²) in [6.07, 6.45) is 8.85. The van der Waals surface area contributed by atoms with Gasteiger partial charge in [0.2, 0.25) is 12.2 Å². The lowest BCUT2D eigenvalue weighted by Gasteiger charge is -2.18. The van der Waals surface area contributed by atoms with Gasteiger partial charge in [-0.2, -0.15) is 0 Å². The quantitative estimate of drug-likeness (QED) is 0.522. The van der Waals surface area contributed by atoms with E-state index in [1.54, 1.807) is 6.08 Å². The largest absolute Gasteiger partial charge is 0.234 e. The zero-order chi connectivity index (χ0) is 9.94. The van der Waals surface area contributed by atoms with Gasteiger partial charge in [0.25, 0.3) is 0 Å². The van der Waals surface area contributed by atoms with Crippen LogP contribution in [0.4, 0.5) is 0 Å². The molecule has 0 bridgehead atoms. The Balaban J connectivity index is 0.000000424. The standard InChI is InChI=1S/C8H13NO.CHNO/c10-7-9-6-8-4-2-1-3-5-8;2-1-3/h8H,1-6H2;2H. The van der Waals surface area contributed by atoms with Crippen molar-refractivity contribution in [1.82, 2.24) is 0 Å². The highest BCUT2D eigenvalue weighted by Crippen LogP contribution is 2.23. The van der Waals surface area contributed by atoms with E-state index < -0.39 is 0 Å². The monoisotopic (exact) mass is 182 g/mol. The summed E-state index contributed by atoms with van der Waals surface area (Å²) >= 11 is 0. The van der Waals surface area contributed by atoms with Crippen molar-refractivity contribution >= 4 is 12.2 Å². The number of hydrogen-bond donors (Lipinski definition) is 1. The van der Waals surface area contributed by atoms with Gasteiger partial charge in [-0.3, -0.25) is 0 Å². The molecule has 72 valence electrons. The maximum absolute atomic E-state index is 9.76. The van der Waals surface area contributed by atoms with Crippen LogP contribution in [0.2, 0.25) is 0 Å². The molecule has 0 amide bonds. The molecule has 4 nitrogen and oxygen atoms in total. The molecule has 1 N–H and O–H groups in total. The van der Waals surface area contributed by atoms with Crippen LogP contribution in [-0.4, -0.2) is 18.7 Å². The highest BCUT2D eigenvalue weighted by atomic mass is 16.1. The van der Waals surface area contributed by atoms with Crippen LogP contribution in [0.25, 0.3) is 0 Å². The van der Waals surface area contributed by atoms with Gasteiger partial charge in [0.15, 0.2) is 0 Å². The predicted octanol–water partition coefficient (Wildman–Crippen LogP) is 1.80. The Bertz CT molecular complexity index is 198. The van der Waals surface area contributed by atoms with Crippen molar-refractivity contribution in [3.63, 3.8) is 0 Å². The molecule has 0 aromatic heterocycles. The molecule has 0 unspecified atom stereocenters. The van der Waals surface area contributed by atoms with E-state index in [-0.39, 0.29) is 0 Å². The van der Waals surface area contributed by atoms with Crippen molar-refractivity contribution in [2.75, 3.05) is 6.54 Å². The summed E-state index contributed by atoms with van der Waals surface area (Å²) in [5.41, 5.74) is 0. The summed E-state index contributed by atoms with van der Waals surface area (Å²) in [6.45, 7) is 0.712. The maximum atomic E-state index is 9.76. The summed E-state index contributed by atoms with van der Waals surface area (Å²) in [7, 11) is 0. The van der Waals surface area contributed by atoms with E-state index in [1.807, 2.05) is 0 Å². The van der Waals surface area contributed by atoms with Gasteiger partial charge >= 0.3 is 0 Å². The average Bonchev–Trinajstić information content (AvgIpc) is 2.18. The first-order valence-corrected chi connectivity index (χ1v) is 4.42. The fourth-order valence-corrected chi connectivity index (χ4v) is 1.54. The highest BCUT2D eigenvalue weighted by Gasteiger charge is 2.11. The van der Waals surface area contributed by atoms with Crippen molar-refractivity contribution in [2.45, 2.75) is 32.1 Å². The van der Waals surface area contributed by atoms with Crippen molar-refractivity contribution < 1.29 is 9.59 Å². The fraction of sp³-hybridized carbons (Fsp3) is 0.778. The lowest BCUT2D eigenvalue weighted by Crippen LogP contribution is -2.08. The zero-order valence-electron chi connectivity index (χ0n) is 7.58. The van der Waals surface area contributed by atoms with Crippen LogP contribution >= 0.6 is 0 Å². The summed E-state index contributed by atoms with van der Waals surface area (Å²) in [6, 6.07) is 0. The van der Waals surface area contributed by atoms with Gasteiger partial charge in [-0.1, -0.05) is 19.3 Å². The second kappa shape index (κ2) is 8.85. The Hall–Kier alpha value is -1.24. The molecule has 0 radical (unpaired) electrons. The smallest absolute Gasteiger partial charge is 0.222 e. The van der Waals surface area contributed by atoms with E-state index in [0.29, 0.717) is 12.5 Å². The second-order valence-electron chi connectivity index (χ2n) is 3.04. The fourth-order valence-electron chi connectivity index (χ4n) is 1.54. The molecule has 1 saturated carbocycles. The topological polar surface area (TPSA) is 70.3 Å². The van der Waals surface area contributed by atoms with Crippen LogP contribution < -0.4 is 0 Å². The SMILES string of the molecule is N=C=O.O=C=NCC1CCCCC1. The van der Waals surface area contributed by atoms with Gasteiger partial charge in [0.1, 0.15) is 0 Å². The van der Waals surface area contributed by atoms with Crippen LogP contribution in [-0.2, 0) is 9.59 Å². The molecule has 4 heteroatoms. The zero-order valence-corrected chi connectivity index (χ0v) is 7.58. The average molecular weight is 182 g/mol. The summed E-state index contributed by atoms with van der Waals surface area (Å²) in [4.78, 5) is 21.7. The number of hydrogen-bond acceptors (Lipinski definition) is 4. The third-order valence-corrected chi connectivity index (χ3v) is 2.14. The molecule has 1 aliphatic rings. The Morgan fingerprint density at radius 1 is 1.23 bits per heavy atom. The third-order valence-electron chi connectivity index (χ3n) is 2.14. The van der Waals surface area contributed by atoms with Gasteiger partial charge in [-0.25, -0.2) is 20.0 Å². The van der Waals surface area contributed by atoms with Gasteiger partial charge in [-0.05, 0) is 18.8 Å². The van der Waals surface area contributed by atoms with Crippen LogP contribution in [0.3, 0.4) is 0 Å². The number of isocyanates is 2. The first kappa shape index (κ1) is 11.8. The first-order chi connectivity index (χ1) is 6.35. The number of rotatable bonds is 2. The predicted molar refractivity (Wildman–Crippen MR) is 48.0 cm³/mol. The molecule has 1 fully saturated rings. The van der Waals surface area contributed by atoms with E-state index >= 15 is 0 Å². The van der Waals surface area contributed by atoms with Crippen LogP contribution in [0, 0.1) is 11.3 Å². The molecule has 0 saturated heterocycles. The van der Waals surface area contributed by atoms with E-state index in [2.05, 4.69) is 4.99 Å². The minimum Gasteiger partial charge on any atom is -0.222 e. The van der Waals surface area contributed by atoms with Crippen LogP contribution in [0.5, 0.6) is 0 Å².